The Balaban J connectivity index is 1.37. The van der Waals surface area contributed by atoms with E-state index in [-0.39, 0.29) is 11.6 Å². The highest BCUT2D eigenvalue weighted by Gasteiger charge is 2.39. The number of benzene rings is 2. The summed E-state index contributed by atoms with van der Waals surface area (Å²) >= 11 is 0. The number of nitrogens with zero attached hydrogens (tertiary/aromatic N) is 2. The van der Waals surface area contributed by atoms with Crippen LogP contribution >= 0.6 is 0 Å². The summed E-state index contributed by atoms with van der Waals surface area (Å²) in [4.78, 5) is 16.4. The third-order valence-corrected chi connectivity index (χ3v) is 6.41. The molecule has 1 amide bonds. The molecule has 1 aliphatic carbocycles. The fourth-order valence-electron chi connectivity index (χ4n) is 4.30. The number of alkyl halides is 3. The van der Waals surface area contributed by atoms with Crippen LogP contribution in [0.15, 0.2) is 48.5 Å². The molecule has 0 radical (unpaired) electrons. The Kier molecular flexibility index (Phi) is 6.08. The van der Waals surface area contributed by atoms with E-state index in [1.54, 1.807) is 12.1 Å². The van der Waals surface area contributed by atoms with Gasteiger partial charge in [-0.2, -0.15) is 13.2 Å². The molecule has 7 heteroatoms. The minimum Gasteiger partial charge on any atom is -0.311 e. The summed E-state index contributed by atoms with van der Waals surface area (Å²) in [6.07, 6.45) is -0.988. The summed E-state index contributed by atoms with van der Waals surface area (Å²) in [6.45, 7) is 2.26. The second-order valence-corrected chi connectivity index (χ2v) is 8.73. The van der Waals surface area contributed by atoms with Crippen LogP contribution in [0.3, 0.4) is 0 Å². The van der Waals surface area contributed by atoms with E-state index in [1.807, 2.05) is 12.1 Å². The maximum absolute atomic E-state index is 13.0. The van der Waals surface area contributed by atoms with E-state index in [1.165, 1.54) is 42.5 Å². The lowest BCUT2D eigenvalue weighted by molar-refractivity contribution is -0.137. The van der Waals surface area contributed by atoms with Crippen LogP contribution in [0.2, 0.25) is 0 Å². The molecule has 1 N–H and O–H groups in total. The Labute approximate surface area is 181 Å². The van der Waals surface area contributed by atoms with Crippen molar-refractivity contribution in [3.05, 3.63) is 65.2 Å². The van der Waals surface area contributed by atoms with Crippen LogP contribution < -0.4 is 10.2 Å². The fraction of sp³-hybridized carbons (Fsp3) is 0.458. The van der Waals surface area contributed by atoms with Gasteiger partial charge in [0, 0.05) is 36.3 Å². The molecule has 2 aromatic carbocycles. The van der Waals surface area contributed by atoms with Crippen molar-refractivity contribution < 1.29 is 18.0 Å². The Bertz CT molecular complexity index is 920. The molecule has 1 heterocycles. The molecular weight excluding hydrogens is 403 g/mol. The number of carbonyl (C=O) groups is 1. The Morgan fingerprint density at radius 1 is 1.10 bits per heavy atom. The highest BCUT2D eigenvalue weighted by atomic mass is 19.4. The first-order chi connectivity index (χ1) is 14.7. The van der Waals surface area contributed by atoms with Crippen LogP contribution in [0, 0.1) is 0 Å². The molecule has 166 valence electrons. The molecule has 0 aromatic heterocycles. The van der Waals surface area contributed by atoms with Crippen molar-refractivity contribution in [2.75, 3.05) is 32.1 Å². The maximum Gasteiger partial charge on any atom is 0.416 e. The average molecular weight is 432 g/mol. The Morgan fingerprint density at radius 2 is 1.77 bits per heavy atom. The number of amides is 1. The van der Waals surface area contributed by atoms with Crippen molar-refractivity contribution in [1.82, 2.24) is 10.2 Å². The summed E-state index contributed by atoms with van der Waals surface area (Å²) in [5, 5.41) is 3.76. The van der Waals surface area contributed by atoms with Gasteiger partial charge < -0.3 is 15.1 Å². The summed E-state index contributed by atoms with van der Waals surface area (Å²) < 4.78 is 38.9. The second kappa shape index (κ2) is 8.63. The van der Waals surface area contributed by atoms with E-state index in [0.29, 0.717) is 23.6 Å². The molecular formula is C24H28F3N3O. The Hall–Kier alpha value is -2.38. The molecule has 4 rings (SSSR count). The molecule has 4 nitrogen and oxygen atoms in total. The van der Waals surface area contributed by atoms with Crippen LogP contribution in [0.4, 0.5) is 18.9 Å². The van der Waals surface area contributed by atoms with Crippen molar-refractivity contribution in [2.45, 2.75) is 43.4 Å². The van der Waals surface area contributed by atoms with Crippen LogP contribution in [0.25, 0.3) is 0 Å². The van der Waals surface area contributed by atoms with Gasteiger partial charge >= 0.3 is 6.18 Å². The maximum atomic E-state index is 13.0. The minimum atomic E-state index is -4.44. The van der Waals surface area contributed by atoms with Crippen LogP contribution in [-0.2, 0) is 6.18 Å². The van der Waals surface area contributed by atoms with Gasteiger partial charge in [0.2, 0.25) is 0 Å². The lowest BCUT2D eigenvalue weighted by Crippen LogP contribution is -2.42. The largest absolute Gasteiger partial charge is 0.416 e. The number of halogens is 3. The number of carbonyl (C=O) groups excluding carboxylic acids is 1. The number of rotatable bonds is 5. The van der Waals surface area contributed by atoms with E-state index >= 15 is 0 Å². The third kappa shape index (κ3) is 5.10. The van der Waals surface area contributed by atoms with E-state index in [9.17, 15) is 18.0 Å². The van der Waals surface area contributed by atoms with Gasteiger partial charge in [0.15, 0.2) is 0 Å². The molecule has 1 saturated carbocycles. The summed E-state index contributed by atoms with van der Waals surface area (Å²) in [5.41, 5.74) is 1.11. The van der Waals surface area contributed by atoms with Gasteiger partial charge in [0.25, 0.3) is 5.91 Å². The molecule has 2 fully saturated rings. The van der Waals surface area contributed by atoms with Gasteiger partial charge in [-0.05, 0) is 75.3 Å². The van der Waals surface area contributed by atoms with E-state index in [2.05, 4.69) is 17.3 Å². The number of nitrogens with one attached hydrogen (secondary N) is 1. The highest BCUT2D eigenvalue weighted by Crippen LogP contribution is 2.41. The zero-order valence-electron chi connectivity index (χ0n) is 17.8. The van der Waals surface area contributed by atoms with Crippen LogP contribution in [0.5, 0.6) is 0 Å². The molecule has 2 aromatic rings. The van der Waals surface area contributed by atoms with E-state index in [4.69, 9.17) is 0 Å². The standard InChI is InChI=1S/C24H28F3N3O/c1-29-12-10-19(11-13-29)28-22-15-21(22)16-6-8-17(9-7-16)23(31)30(2)20-5-3-4-18(14-20)24(25,26)27/h3-9,14,19,21-22,28H,10-13,15H2,1-2H3/t21-,22+/m0/s1. The van der Waals surface area contributed by atoms with Gasteiger partial charge in [-0.1, -0.05) is 18.2 Å². The van der Waals surface area contributed by atoms with Crippen molar-refractivity contribution >= 4 is 11.6 Å². The topological polar surface area (TPSA) is 35.6 Å². The Morgan fingerprint density at radius 3 is 2.42 bits per heavy atom. The highest BCUT2D eigenvalue weighted by molar-refractivity contribution is 6.05. The average Bonchev–Trinajstić information content (AvgIpc) is 3.53. The lowest BCUT2D eigenvalue weighted by atomic mass is 10.0. The molecule has 2 aliphatic rings. The van der Waals surface area contributed by atoms with E-state index in [0.717, 1.165) is 31.6 Å². The quantitative estimate of drug-likeness (QED) is 0.756. The first-order valence-electron chi connectivity index (χ1n) is 10.7. The summed E-state index contributed by atoms with van der Waals surface area (Å²) in [5.74, 6) is 0.132. The zero-order valence-corrected chi connectivity index (χ0v) is 17.8. The monoisotopic (exact) mass is 431 g/mol. The van der Waals surface area contributed by atoms with Gasteiger partial charge in [0.1, 0.15) is 0 Å². The van der Waals surface area contributed by atoms with Crippen molar-refractivity contribution in [3.63, 3.8) is 0 Å². The molecule has 0 spiro atoms. The van der Waals surface area contributed by atoms with Gasteiger partial charge in [-0.15, -0.1) is 0 Å². The number of hydrogen-bond donors (Lipinski definition) is 1. The summed E-state index contributed by atoms with van der Waals surface area (Å²) in [6, 6.07) is 13.4. The summed E-state index contributed by atoms with van der Waals surface area (Å²) in [7, 11) is 3.65. The van der Waals surface area contributed by atoms with Crippen LogP contribution in [-0.4, -0.2) is 50.1 Å². The molecule has 0 unspecified atom stereocenters. The smallest absolute Gasteiger partial charge is 0.311 e. The van der Waals surface area contributed by atoms with Crippen molar-refractivity contribution in [1.29, 1.82) is 0 Å². The van der Waals surface area contributed by atoms with Gasteiger partial charge in [0.05, 0.1) is 5.56 Å². The number of hydrogen-bond acceptors (Lipinski definition) is 3. The van der Waals surface area contributed by atoms with Gasteiger partial charge in [-0.3, -0.25) is 4.79 Å². The molecule has 1 aliphatic heterocycles. The molecule has 2 atom stereocenters. The molecule has 1 saturated heterocycles. The first kappa shape index (κ1) is 21.8. The third-order valence-electron chi connectivity index (χ3n) is 6.41. The van der Waals surface area contributed by atoms with E-state index < -0.39 is 11.7 Å². The normalized spacial score (nSPS) is 22.4. The molecule has 31 heavy (non-hydrogen) atoms. The first-order valence-corrected chi connectivity index (χ1v) is 10.7. The second-order valence-electron chi connectivity index (χ2n) is 8.73. The predicted octanol–water partition coefficient (Wildman–Crippen LogP) is 4.52. The van der Waals surface area contributed by atoms with Gasteiger partial charge in [-0.25, -0.2) is 0 Å². The zero-order chi connectivity index (χ0) is 22.2. The molecule has 0 bridgehead atoms. The predicted molar refractivity (Wildman–Crippen MR) is 115 cm³/mol. The van der Waals surface area contributed by atoms with Crippen LogP contribution in [0.1, 0.15) is 46.7 Å². The number of piperidine rings is 1. The fourth-order valence-corrected chi connectivity index (χ4v) is 4.30. The SMILES string of the molecule is CN1CCC(N[C@@H]2C[C@H]2c2ccc(C(=O)N(C)c3cccc(C(F)(F)F)c3)cc2)CC1. The lowest BCUT2D eigenvalue weighted by Gasteiger charge is -2.29. The number of likely N-dealkylation sites (tertiary alicyclic amines) is 1. The number of anilines is 1. The van der Waals surface area contributed by atoms with Crippen molar-refractivity contribution in [3.8, 4) is 0 Å². The van der Waals surface area contributed by atoms with Crippen molar-refractivity contribution in [2.24, 2.45) is 0 Å². The minimum absolute atomic E-state index is 0.216.